The number of carbonyl (C=O) groups excluding carboxylic acids is 2. The number of fused-ring (bicyclic) bond motifs is 2. The van der Waals surface area contributed by atoms with Gasteiger partial charge >= 0.3 is 5.91 Å². The predicted molar refractivity (Wildman–Crippen MR) is 148 cm³/mol. The molecule has 1 N–H and O–H groups in total. The lowest BCUT2D eigenvalue weighted by Gasteiger charge is -2.23. The zero-order valence-corrected chi connectivity index (χ0v) is 22.8. The summed E-state index contributed by atoms with van der Waals surface area (Å²) in [4.78, 5) is 33.3. The maximum atomic E-state index is 13.5. The van der Waals surface area contributed by atoms with E-state index in [0.29, 0.717) is 22.7 Å². The van der Waals surface area contributed by atoms with E-state index in [-0.39, 0.29) is 17.4 Å². The van der Waals surface area contributed by atoms with Gasteiger partial charge in [-0.3, -0.25) is 14.5 Å². The molecule has 2 atom stereocenters. The zero-order chi connectivity index (χ0) is 26.0. The summed E-state index contributed by atoms with van der Waals surface area (Å²) in [6.07, 6.45) is 0.760. The molecule has 4 aromatic rings. The van der Waals surface area contributed by atoms with E-state index in [0.717, 1.165) is 37.1 Å². The van der Waals surface area contributed by atoms with Gasteiger partial charge in [-0.1, -0.05) is 45.5 Å². The van der Waals surface area contributed by atoms with Crippen LogP contribution in [0, 0.1) is 13.8 Å². The molecule has 0 unspecified atom stereocenters. The highest BCUT2D eigenvalue weighted by molar-refractivity contribution is 9.10. The van der Waals surface area contributed by atoms with E-state index in [2.05, 4.69) is 15.9 Å². The second-order valence-electron chi connectivity index (χ2n) is 9.60. The highest BCUT2D eigenvalue weighted by Crippen LogP contribution is 2.45. The molecule has 186 valence electrons. The van der Waals surface area contributed by atoms with Crippen LogP contribution in [0.15, 0.2) is 64.6 Å². The summed E-state index contributed by atoms with van der Waals surface area (Å²) in [6.45, 7) is 5.98. The van der Waals surface area contributed by atoms with Gasteiger partial charge in [0.05, 0.1) is 21.8 Å². The van der Waals surface area contributed by atoms with Gasteiger partial charge < -0.3 is 9.84 Å². The van der Waals surface area contributed by atoms with Crippen LogP contribution in [0.25, 0.3) is 16.0 Å². The maximum absolute atomic E-state index is 13.5. The van der Waals surface area contributed by atoms with E-state index < -0.39 is 17.7 Å². The number of aliphatic hydroxyl groups excluding tert-OH is 1. The number of thiazole rings is 1. The van der Waals surface area contributed by atoms with Gasteiger partial charge in [0.25, 0.3) is 5.78 Å². The molecular weight excluding hydrogens is 552 g/mol. The number of aliphatic hydroxyl groups is 1. The molecule has 6 rings (SSSR count). The van der Waals surface area contributed by atoms with Crippen molar-refractivity contribution in [2.45, 2.75) is 39.3 Å². The van der Waals surface area contributed by atoms with E-state index in [1.807, 2.05) is 63.2 Å². The SMILES string of the molecule is Cc1cc(C)c2nc(N3C(=O)C(=O)C(=C(O)c4ccc5c(c4)C[C@@H](C)O5)[C@@H]3c3cccc(Br)c3)sc2c1. The number of anilines is 1. The van der Waals surface area contributed by atoms with Crippen LogP contribution < -0.4 is 9.64 Å². The Morgan fingerprint density at radius 3 is 2.73 bits per heavy atom. The summed E-state index contributed by atoms with van der Waals surface area (Å²) in [5.74, 6) is -0.882. The van der Waals surface area contributed by atoms with Crippen molar-refractivity contribution in [1.82, 2.24) is 4.98 Å². The molecule has 0 radical (unpaired) electrons. The summed E-state index contributed by atoms with van der Waals surface area (Å²) in [5, 5.41) is 11.9. The summed E-state index contributed by atoms with van der Waals surface area (Å²) in [5.41, 5.74) is 5.08. The average molecular weight is 575 g/mol. The van der Waals surface area contributed by atoms with Crippen LogP contribution in [0.1, 0.15) is 40.8 Å². The van der Waals surface area contributed by atoms with Crippen molar-refractivity contribution in [2.75, 3.05) is 4.90 Å². The average Bonchev–Trinajstić information content (AvgIpc) is 3.51. The number of Topliss-reactive ketones (excluding diaryl/α,β-unsaturated/α-hetero) is 1. The Hall–Kier alpha value is -3.49. The van der Waals surface area contributed by atoms with Crippen molar-refractivity contribution in [1.29, 1.82) is 0 Å². The molecule has 1 amide bonds. The minimum Gasteiger partial charge on any atom is -0.507 e. The number of benzene rings is 3. The number of rotatable bonds is 3. The molecule has 1 fully saturated rings. The third-order valence-electron chi connectivity index (χ3n) is 6.80. The molecule has 1 saturated heterocycles. The van der Waals surface area contributed by atoms with E-state index in [9.17, 15) is 14.7 Å². The Morgan fingerprint density at radius 1 is 1.14 bits per heavy atom. The summed E-state index contributed by atoms with van der Waals surface area (Å²) in [6, 6.07) is 16.0. The van der Waals surface area contributed by atoms with E-state index in [4.69, 9.17) is 9.72 Å². The third kappa shape index (κ3) is 3.95. The summed E-state index contributed by atoms with van der Waals surface area (Å²) < 4.78 is 7.53. The molecule has 1 aromatic heterocycles. The number of hydrogen-bond acceptors (Lipinski definition) is 6. The Bertz CT molecular complexity index is 1660. The fraction of sp³-hybridized carbons (Fsp3) is 0.207. The van der Waals surface area contributed by atoms with Gasteiger partial charge in [-0.2, -0.15) is 0 Å². The second kappa shape index (κ2) is 8.82. The molecule has 37 heavy (non-hydrogen) atoms. The Morgan fingerprint density at radius 2 is 1.95 bits per heavy atom. The number of ketones is 1. The molecule has 2 aliphatic heterocycles. The van der Waals surface area contributed by atoms with Gasteiger partial charge in [0, 0.05) is 16.5 Å². The van der Waals surface area contributed by atoms with Crippen molar-refractivity contribution in [3.05, 3.63) is 92.5 Å². The summed E-state index contributed by atoms with van der Waals surface area (Å²) >= 11 is 4.88. The van der Waals surface area contributed by atoms with Crippen molar-refractivity contribution in [3.8, 4) is 5.75 Å². The number of amides is 1. The van der Waals surface area contributed by atoms with Gasteiger partial charge in [0.1, 0.15) is 17.6 Å². The largest absolute Gasteiger partial charge is 0.507 e. The van der Waals surface area contributed by atoms with E-state index >= 15 is 0 Å². The molecule has 6 nitrogen and oxygen atoms in total. The molecule has 3 heterocycles. The van der Waals surface area contributed by atoms with Crippen molar-refractivity contribution in [3.63, 3.8) is 0 Å². The highest BCUT2D eigenvalue weighted by Gasteiger charge is 2.48. The number of aryl methyl sites for hydroxylation is 2. The Labute approximate surface area is 226 Å². The molecule has 0 bridgehead atoms. The Balaban J connectivity index is 1.55. The lowest BCUT2D eigenvalue weighted by molar-refractivity contribution is -0.132. The minimum atomic E-state index is -0.831. The predicted octanol–water partition coefficient (Wildman–Crippen LogP) is 6.63. The normalized spacial score (nSPS) is 20.5. The fourth-order valence-corrected chi connectivity index (χ4v) is 6.79. The highest BCUT2D eigenvalue weighted by atomic mass is 79.9. The smallest absolute Gasteiger partial charge is 0.301 e. The number of carbonyl (C=O) groups is 2. The van der Waals surface area contributed by atoms with Crippen LogP contribution in [0.4, 0.5) is 5.13 Å². The van der Waals surface area contributed by atoms with E-state index in [1.165, 1.54) is 16.2 Å². The van der Waals surface area contributed by atoms with Gasteiger partial charge in [-0.25, -0.2) is 4.98 Å². The van der Waals surface area contributed by atoms with Crippen molar-refractivity contribution >= 4 is 60.1 Å². The topological polar surface area (TPSA) is 79.7 Å². The van der Waals surface area contributed by atoms with Crippen molar-refractivity contribution in [2.24, 2.45) is 0 Å². The fourth-order valence-electron chi connectivity index (χ4n) is 5.21. The third-order valence-corrected chi connectivity index (χ3v) is 8.30. The zero-order valence-electron chi connectivity index (χ0n) is 20.4. The van der Waals surface area contributed by atoms with Gasteiger partial charge in [0.2, 0.25) is 0 Å². The number of aromatic nitrogens is 1. The lowest BCUT2D eigenvalue weighted by atomic mass is 9.94. The molecule has 2 aliphatic rings. The van der Waals surface area contributed by atoms with E-state index in [1.54, 1.807) is 12.1 Å². The van der Waals surface area contributed by atoms with Crippen LogP contribution in [-0.2, 0) is 16.0 Å². The standard InChI is InChI=1S/C29H23BrN2O4S/c1-14-9-15(2)24-22(10-14)37-29(31-24)32-25(17-5-4-6-20(30)13-17)23(27(34)28(32)35)26(33)18-7-8-21-19(12-18)11-16(3)36-21/h4-10,12-13,16,25,33H,11H2,1-3H3/t16-,25+/m1/s1. The Kier molecular flexibility index (Phi) is 5.69. The van der Waals surface area contributed by atoms with Gasteiger partial charge in [0.15, 0.2) is 5.13 Å². The van der Waals surface area contributed by atoms with Crippen molar-refractivity contribution < 1.29 is 19.4 Å². The molecule has 3 aromatic carbocycles. The van der Waals surface area contributed by atoms with Crippen LogP contribution >= 0.6 is 27.3 Å². The molecule has 0 saturated carbocycles. The van der Waals surface area contributed by atoms with Crippen LogP contribution in [0.5, 0.6) is 5.75 Å². The second-order valence-corrected chi connectivity index (χ2v) is 11.5. The molecule has 0 aliphatic carbocycles. The number of nitrogens with zero attached hydrogens (tertiary/aromatic N) is 2. The molecular formula is C29H23BrN2O4S. The lowest BCUT2D eigenvalue weighted by Crippen LogP contribution is -2.29. The summed E-state index contributed by atoms with van der Waals surface area (Å²) in [7, 11) is 0. The first-order chi connectivity index (χ1) is 17.7. The first kappa shape index (κ1) is 23.9. The van der Waals surface area contributed by atoms with Gasteiger partial charge in [-0.05, 0) is 79.4 Å². The first-order valence-electron chi connectivity index (χ1n) is 12.0. The quantitative estimate of drug-likeness (QED) is 0.169. The molecule has 8 heteroatoms. The van der Waals surface area contributed by atoms with Gasteiger partial charge in [-0.15, -0.1) is 0 Å². The monoisotopic (exact) mass is 574 g/mol. The van der Waals surface area contributed by atoms with Crippen LogP contribution in [-0.4, -0.2) is 27.9 Å². The number of halogens is 1. The maximum Gasteiger partial charge on any atom is 0.301 e. The number of ether oxygens (including phenoxy) is 1. The number of hydrogen-bond donors (Lipinski definition) is 1. The van der Waals surface area contributed by atoms with Crippen LogP contribution in [0.3, 0.4) is 0 Å². The minimum absolute atomic E-state index is 0.0437. The molecule has 0 spiro atoms. The first-order valence-corrected chi connectivity index (χ1v) is 13.6. The van der Waals surface area contributed by atoms with Crippen LogP contribution in [0.2, 0.25) is 0 Å².